The molecule has 6 rings (SSSR count). The maximum Gasteiger partial charge on any atom is 0.186 e. The maximum absolute atomic E-state index is 12.9. The molecule has 0 fully saturated rings. The Balaban J connectivity index is 1.86. The van der Waals surface area contributed by atoms with Gasteiger partial charge in [-0.2, -0.15) is 0 Å². The van der Waals surface area contributed by atoms with E-state index in [-0.39, 0.29) is 11.6 Å². The number of hydrogen-bond acceptors (Lipinski definition) is 2. The highest BCUT2D eigenvalue weighted by Gasteiger charge is 2.23. The SMILES string of the molecule is O=C1C=CC(=O)C(c2cccc3c(-c4ccccc4)c4ccccc4c(-c4ccccc4)c23)=C1. The summed E-state index contributed by atoms with van der Waals surface area (Å²) in [6.45, 7) is 0. The Bertz CT molecular complexity index is 1660. The summed E-state index contributed by atoms with van der Waals surface area (Å²) in [5, 5.41) is 4.29. The van der Waals surface area contributed by atoms with Crippen LogP contribution in [0.2, 0.25) is 0 Å². The summed E-state index contributed by atoms with van der Waals surface area (Å²) >= 11 is 0. The normalized spacial score (nSPS) is 13.5. The Morgan fingerprint density at radius 3 is 1.71 bits per heavy atom. The van der Waals surface area contributed by atoms with Crippen LogP contribution in [0.15, 0.2) is 121 Å². The molecule has 2 heteroatoms. The van der Waals surface area contributed by atoms with Crippen molar-refractivity contribution in [1.82, 2.24) is 0 Å². The van der Waals surface area contributed by atoms with Crippen LogP contribution in [0.25, 0.3) is 49.4 Å². The van der Waals surface area contributed by atoms with Crippen LogP contribution in [0.3, 0.4) is 0 Å². The van der Waals surface area contributed by atoms with Gasteiger partial charge in [-0.15, -0.1) is 0 Å². The molecule has 0 saturated heterocycles. The third-order valence-electron chi connectivity index (χ3n) is 6.42. The molecule has 34 heavy (non-hydrogen) atoms. The lowest BCUT2D eigenvalue weighted by Gasteiger charge is -2.21. The van der Waals surface area contributed by atoms with Crippen LogP contribution >= 0.6 is 0 Å². The van der Waals surface area contributed by atoms with Crippen molar-refractivity contribution < 1.29 is 9.59 Å². The first-order valence-corrected chi connectivity index (χ1v) is 11.3. The van der Waals surface area contributed by atoms with Crippen LogP contribution in [-0.4, -0.2) is 11.6 Å². The molecule has 1 aliphatic rings. The molecule has 5 aromatic rings. The molecule has 0 amide bonds. The average Bonchev–Trinajstić information content (AvgIpc) is 2.89. The lowest BCUT2D eigenvalue weighted by Crippen LogP contribution is -2.07. The van der Waals surface area contributed by atoms with Gasteiger partial charge in [0.25, 0.3) is 0 Å². The van der Waals surface area contributed by atoms with Gasteiger partial charge < -0.3 is 0 Å². The second-order valence-corrected chi connectivity index (χ2v) is 8.41. The van der Waals surface area contributed by atoms with Crippen molar-refractivity contribution in [3.05, 3.63) is 127 Å². The van der Waals surface area contributed by atoms with Crippen LogP contribution in [0.1, 0.15) is 5.56 Å². The van der Waals surface area contributed by atoms with Crippen LogP contribution < -0.4 is 0 Å². The summed E-state index contributed by atoms with van der Waals surface area (Å²) < 4.78 is 0. The lowest BCUT2D eigenvalue weighted by molar-refractivity contribution is -0.113. The summed E-state index contributed by atoms with van der Waals surface area (Å²) in [6.07, 6.45) is 4.17. The minimum absolute atomic E-state index is 0.152. The summed E-state index contributed by atoms with van der Waals surface area (Å²) in [5.74, 6) is -0.322. The van der Waals surface area contributed by atoms with E-state index in [0.29, 0.717) is 5.57 Å². The van der Waals surface area contributed by atoms with Crippen LogP contribution in [-0.2, 0) is 9.59 Å². The number of hydrogen-bond donors (Lipinski definition) is 0. The number of allylic oxidation sites excluding steroid dienone is 4. The molecular formula is C32H20O2. The minimum Gasteiger partial charge on any atom is -0.290 e. The average molecular weight is 437 g/mol. The Morgan fingerprint density at radius 1 is 0.471 bits per heavy atom. The minimum atomic E-state index is -0.170. The highest BCUT2D eigenvalue weighted by Crippen LogP contribution is 2.46. The van der Waals surface area contributed by atoms with E-state index < -0.39 is 0 Å². The highest BCUT2D eigenvalue weighted by molar-refractivity contribution is 6.37. The van der Waals surface area contributed by atoms with Gasteiger partial charge in [0.15, 0.2) is 11.6 Å². The van der Waals surface area contributed by atoms with E-state index in [1.165, 1.54) is 18.2 Å². The molecule has 160 valence electrons. The Kier molecular flexibility index (Phi) is 4.78. The summed E-state index contributed by atoms with van der Waals surface area (Å²) in [6, 6.07) is 35.1. The largest absolute Gasteiger partial charge is 0.290 e. The van der Waals surface area contributed by atoms with Gasteiger partial charge in [-0.3, -0.25) is 9.59 Å². The first-order chi connectivity index (χ1) is 16.7. The van der Waals surface area contributed by atoms with Gasteiger partial charge in [0.1, 0.15) is 0 Å². The quantitative estimate of drug-likeness (QED) is 0.218. The van der Waals surface area contributed by atoms with Gasteiger partial charge in [-0.05, 0) is 67.6 Å². The van der Waals surface area contributed by atoms with Gasteiger partial charge in [0.05, 0.1) is 0 Å². The topological polar surface area (TPSA) is 34.1 Å². The van der Waals surface area contributed by atoms with E-state index >= 15 is 0 Å². The highest BCUT2D eigenvalue weighted by atomic mass is 16.1. The smallest absolute Gasteiger partial charge is 0.186 e. The molecule has 0 aromatic heterocycles. The fourth-order valence-electron chi connectivity index (χ4n) is 4.99. The summed E-state index contributed by atoms with van der Waals surface area (Å²) in [5.41, 5.74) is 5.59. The first-order valence-electron chi connectivity index (χ1n) is 11.3. The molecule has 5 aromatic carbocycles. The zero-order valence-electron chi connectivity index (χ0n) is 18.4. The van der Waals surface area contributed by atoms with E-state index in [1.807, 2.05) is 48.5 Å². The predicted octanol–water partition coefficient (Wildman–Crippen LogP) is 7.42. The van der Waals surface area contributed by atoms with Gasteiger partial charge in [-0.1, -0.05) is 103 Å². The summed E-state index contributed by atoms with van der Waals surface area (Å²) in [4.78, 5) is 25.2. The van der Waals surface area contributed by atoms with Crippen molar-refractivity contribution in [3.63, 3.8) is 0 Å². The van der Waals surface area contributed by atoms with Crippen LogP contribution in [0, 0.1) is 0 Å². The molecule has 0 spiro atoms. The monoisotopic (exact) mass is 436 g/mol. The lowest BCUT2D eigenvalue weighted by atomic mass is 9.82. The number of rotatable bonds is 3. The van der Waals surface area contributed by atoms with Gasteiger partial charge in [0.2, 0.25) is 0 Å². The predicted molar refractivity (Wildman–Crippen MR) is 139 cm³/mol. The molecule has 1 aliphatic carbocycles. The van der Waals surface area contributed by atoms with Crippen LogP contribution in [0.4, 0.5) is 0 Å². The fraction of sp³-hybridized carbons (Fsp3) is 0. The Hall–Kier alpha value is -4.56. The summed E-state index contributed by atoms with van der Waals surface area (Å²) in [7, 11) is 0. The first kappa shape index (κ1) is 20.1. The van der Waals surface area contributed by atoms with Crippen molar-refractivity contribution in [2.45, 2.75) is 0 Å². The van der Waals surface area contributed by atoms with Crippen molar-refractivity contribution in [2.24, 2.45) is 0 Å². The fourth-order valence-corrected chi connectivity index (χ4v) is 4.99. The van der Waals surface area contributed by atoms with Crippen molar-refractivity contribution in [3.8, 4) is 22.3 Å². The van der Waals surface area contributed by atoms with Crippen molar-refractivity contribution in [2.75, 3.05) is 0 Å². The molecular weight excluding hydrogens is 416 g/mol. The zero-order chi connectivity index (χ0) is 23.1. The molecule has 0 unspecified atom stereocenters. The standard InChI is InChI=1S/C32H20O2/c33-23-18-19-29(34)28(20-23)26-16-9-17-27-30(21-10-3-1-4-11-21)24-14-7-8-15-25(24)31(32(26)27)22-12-5-2-6-13-22/h1-20H. The van der Waals surface area contributed by atoms with E-state index in [9.17, 15) is 9.59 Å². The van der Waals surface area contributed by atoms with Crippen LogP contribution in [0.5, 0.6) is 0 Å². The van der Waals surface area contributed by atoms with E-state index in [1.54, 1.807) is 0 Å². The Morgan fingerprint density at radius 2 is 1.03 bits per heavy atom. The number of fused-ring (bicyclic) bond motifs is 2. The molecule has 0 radical (unpaired) electrons. The molecule has 0 saturated carbocycles. The van der Waals surface area contributed by atoms with E-state index in [4.69, 9.17) is 0 Å². The van der Waals surface area contributed by atoms with Crippen molar-refractivity contribution >= 4 is 38.7 Å². The second-order valence-electron chi connectivity index (χ2n) is 8.41. The van der Waals surface area contributed by atoms with E-state index in [0.717, 1.165) is 49.4 Å². The second kappa shape index (κ2) is 8.09. The Labute approximate surface area is 197 Å². The maximum atomic E-state index is 12.9. The number of benzene rings is 5. The molecule has 2 nitrogen and oxygen atoms in total. The molecule has 0 aliphatic heterocycles. The third-order valence-corrected chi connectivity index (χ3v) is 6.42. The van der Waals surface area contributed by atoms with Gasteiger partial charge in [0, 0.05) is 5.57 Å². The molecule has 0 heterocycles. The van der Waals surface area contributed by atoms with Gasteiger partial charge in [-0.25, -0.2) is 0 Å². The zero-order valence-corrected chi connectivity index (χ0v) is 18.4. The number of carbonyl (C=O) groups is 2. The number of carbonyl (C=O) groups excluding carboxylic acids is 2. The number of ketones is 2. The third kappa shape index (κ3) is 3.20. The van der Waals surface area contributed by atoms with Gasteiger partial charge >= 0.3 is 0 Å². The molecule has 0 atom stereocenters. The van der Waals surface area contributed by atoms with E-state index in [2.05, 4.69) is 54.6 Å². The molecule has 0 bridgehead atoms. The molecule has 0 N–H and O–H groups in total. The van der Waals surface area contributed by atoms with Crippen molar-refractivity contribution in [1.29, 1.82) is 0 Å².